The van der Waals surface area contributed by atoms with E-state index in [2.05, 4.69) is 22.0 Å². The van der Waals surface area contributed by atoms with Crippen LogP contribution in [-0.4, -0.2) is 40.9 Å². The third-order valence-corrected chi connectivity index (χ3v) is 4.31. The zero-order chi connectivity index (χ0) is 16.4. The molecule has 3 rings (SSSR count). The monoisotopic (exact) mass is 311 g/mol. The van der Waals surface area contributed by atoms with E-state index in [0.717, 1.165) is 17.9 Å². The number of benzene rings is 1. The highest BCUT2D eigenvalue weighted by molar-refractivity contribution is 5.98. The Morgan fingerprint density at radius 1 is 1.22 bits per heavy atom. The molecule has 1 N–H and O–H groups in total. The Kier molecular flexibility index (Phi) is 4.19. The Bertz CT molecular complexity index is 734. The smallest absolute Gasteiger partial charge is 0.256 e. The highest BCUT2D eigenvalue weighted by atomic mass is 16.2. The van der Waals surface area contributed by atoms with Crippen molar-refractivity contribution in [1.29, 1.82) is 0 Å². The summed E-state index contributed by atoms with van der Waals surface area (Å²) >= 11 is 0. The van der Waals surface area contributed by atoms with Gasteiger partial charge in [-0.2, -0.15) is 0 Å². The number of amides is 2. The van der Waals surface area contributed by atoms with E-state index in [4.69, 9.17) is 0 Å². The van der Waals surface area contributed by atoms with E-state index in [1.165, 1.54) is 5.56 Å². The lowest BCUT2D eigenvalue weighted by atomic mass is 10.2. The summed E-state index contributed by atoms with van der Waals surface area (Å²) in [6.07, 6.45) is 0. The van der Waals surface area contributed by atoms with Crippen LogP contribution in [0.1, 0.15) is 27.3 Å². The van der Waals surface area contributed by atoms with Gasteiger partial charge in [0.15, 0.2) is 0 Å². The van der Waals surface area contributed by atoms with E-state index >= 15 is 0 Å². The molecule has 5 nitrogen and oxygen atoms in total. The average molecular weight is 311 g/mol. The summed E-state index contributed by atoms with van der Waals surface area (Å²) in [6.45, 7) is 5.94. The lowest BCUT2D eigenvalue weighted by Crippen LogP contribution is -2.50. The zero-order valence-electron chi connectivity index (χ0n) is 13.5. The molecule has 1 aliphatic rings. The molecule has 0 aliphatic carbocycles. The molecule has 23 heavy (non-hydrogen) atoms. The molecule has 0 saturated carbocycles. The molecule has 5 heteroatoms. The van der Waals surface area contributed by atoms with Crippen molar-refractivity contribution in [2.45, 2.75) is 20.4 Å². The number of carbonyl (C=O) groups is 2. The van der Waals surface area contributed by atoms with Crippen LogP contribution in [0.25, 0.3) is 0 Å². The minimum absolute atomic E-state index is 0.0627. The second kappa shape index (κ2) is 6.28. The largest absolute Gasteiger partial charge is 0.353 e. The lowest BCUT2D eigenvalue weighted by molar-refractivity contribution is -0.123. The van der Waals surface area contributed by atoms with Gasteiger partial charge >= 0.3 is 0 Å². The van der Waals surface area contributed by atoms with Crippen molar-refractivity contribution >= 4 is 11.8 Å². The summed E-state index contributed by atoms with van der Waals surface area (Å²) < 4.78 is 2.15. The number of piperazine rings is 1. The summed E-state index contributed by atoms with van der Waals surface area (Å²) in [4.78, 5) is 25.8. The van der Waals surface area contributed by atoms with Gasteiger partial charge in [0, 0.05) is 31.0 Å². The van der Waals surface area contributed by atoms with Crippen molar-refractivity contribution in [2.24, 2.45) is 0 Å². The van der Waals surface area contributed by atoms with E-state index in [1.807, 2.05) is 38.1 Å². The van der Waals surface area contributed by atoms with E-state index in [0.29, 0.717) is 18.7 Å². The number of rotatable bonds is 3. The van der Waals surface area contributed by atoms with E-state index in [-0.39, 0.29) is 18.4 Å². The second-order valence-electron chi connectivity index (χ2n) is 5.93. The van der Waals surface area contributed by atoms with Crippen LogP contribution < -0.4 is 5.32 Å². The molecular formula is C18H21N3O2. The second-order valence-corrected chi connectivity index (χ2v) is 5.93. The zero-order valence-corrected chi connectivity index (χ0v) is 13.5. The Balaban J connectivity index is 1.85. The first-order chi connectivity index (χ1) is 11.1. The standard InChI is InChI=1S/C18H21N3O2/c1-13-10-16(18(23)20-9-8-19-17(22)12-20)14(2)21(13)11-15-6-4-3-5-7-15/h3-7,10H,8-9,11-12H2,1-2H3,(H,19,22). The number of aryl methyl sites for hydroxylation is 1. The number of nitrogens with one attached hydrogen (secondary N) is 1. The molecular weight excluding hydrogens is 290 g/mol. The third kappa shape index (κ3) is 3.13. The maximum atomic E-state index is 12.7. The molecule has 1 saturated heterocycles. The highest BCUT2D eigenvalue weighted by Gasteiger charge is 2.25. The van der Waals surface area contributed by atoms with E-state index in [1.54, 1.807) is 4.90 Å². The molecule has 2 aromatic rings. The van der Waals surface area contributed by atoms with Gasteiger partial charge in [0.1, 0.15) is 0 Å². The molecule has 0 spiro atoms. The predicted molar refractivity (Wildman–Crippen MR) is 88.4 cm³/mol. The van der Waals surface area contributed by atoms with Gasteiger partial charge in [-0.05, 0) is 25.5 Å². The predicted octanol–water partition coefficient (Wildman–Crippen LogP) is 1.73. The highest BCUT2D eigenvalue weighted by Crippen LogP contribution is 2.19. The number of carbonyl (C=O) groups excluding carboxylic acids is 2. The van der Waals surface area contributed by atoms with Crippen LogP contribution in [0.15, 0.2) is 36.4 Å². The molecule has 2 amide bonds. The minimum atomic E-state index is -0.0947. The Labute approximate surface area is 135 Å². The van der Waals surface area contributed by atoms with Gasteiger partial charge < -0.3 is 14.8 Å². The summed E-state index contributed by atoms with van der Waals surface area (Å²) in [5, 5.41) is 2.74. The number of hydrogen-bond donors (Lipinski definition) is 1. The number of aromatic nitrogens is 1. The molecule has 0 atom stereocenters. The van der Waals surface area contributed by atoms with Gasteiger partial charge in [0.05, 0.1) is 12.1 Å². The van der Waals surface area contributed by atoms with Crippen molar-refractivity contribution in [3.8, 4) is 0 Å². The Hall–Kier alpha value is -2.56. The maximum absolute atomic E-state index is 12.7. The molecule has 1 aliphatic heterocycles. The SMILES string of the molecule is Cc1cc(C(=O)N2CCNC(=O)C2)c(C)n1Cc1ccccc1. The fourth-order valence-electron chi connectivity index (χ4n) is 3.01. The van der Waals surface area contributed by atoms with Crippen LogP contribution in [0.4, 0.5) is 0 Å². The Morgan fingerprint density at radius 3 is 2.65 bits per heavy atom. The summed E-state index contributed by atoms with van der Waals surface area (Å²) in [5.74, 6) is -0.157. The van der Waals surface area contributed by atoms with Gasteiger partial charge in [-0.3, -0.25) is 9.59 Å². The fraction of sp³-hybridized carbons (Fsp3) is 0.333. The van der Waals surface area contributed by atoms with Crippen molar-refractivity contribution in [3.63, 3.8) is 0 Å². The normalized spacial score (nSPS) is 14.7. The molecule has 1 fully saturated rings. The molecule has 2 heterocycles. The summed E-state index contributed by atoms with van der Waals surface area (Å²) in [5.41, 5.74) is 3.89. The molecule has 120 valence electrons. The molecule has 1 aromatic heterocycles. The van der Waals surface area contributed by atoms with E-state index < -0.39 is 0 Å². The first-order valence-electron chi connectivity index (χ1n) is 7.83. The fourth-order valence-corrected chi connectivity index (χ4v) is 3.01. The van der Waals surface area contributed by atoms with Crippen molar-refractivity contribution < 1.29 is 9.59 Å². The topological polar surface area (TPSA) is 54.3 Å². The first-order valence-corrected chi connectivity index (χ1v) is 7.83. The van der Waals surface area contributed by atoms with Crippen LogP contribution in [0.3, 0.4) is 0 Å². The molecule has 0 bridgehead atoms. The maximum Gasteiger partial charge on any atom is 0.256 e. The van der Waals surface area contributed by atoms with Gasteiger partial charge in [-0.1, -0.05) is 30.3 Å². The van der Waals surface area contributed by atoms with Crippen LogP contribution >= 0.6 is 0 Å². The third-order valence-electron chi connectivity index (χ3n) is 4.31. The summed E-state index contributed by atoms with van der Waals surface area (Å²) in [7, 11) is 0. The Morgan fingerprint density at radius 2 is 1.96 bits per heavy atom. The average Bonchev–Trinajstić information content (AvgIpc) is 2.83. The quantitative estimate of drug-likeness (QED) is 0.938. The van der Waals surface area contributed by atoms with Crippen molar-refractivity contribution in [3.05, 3.63) is 58.9 Å². The van der Waals surface area contributed by atoms with Crippen LogP contribution in [0.5, 0.6) is 0 Å². The molecule has 1 aromatic carbocycles. The molecule has 0 radical (unpaired) electrons. The number of nitrogens with zero attached hydrogens (tertiary/aromatic N) is 2. The van der Waals surface area contributed by atoms with Crippen LogP contribution in [0, 0.1) is 13.8 Å². The van der Waals surface area contributed by atoms with Crippen molar-refractivity contribution in [2.75, 3.05) is 19.6 Å². The molecule has 0 unspecified atom stereocenters. The minimum Gasteiger partial charge on any atom is -0.353 e. The lowest BCUT2D eigenvalue weighted by Gasteiger charge is -2.26. The first kappa shape index (κ1) is 15.3. The summed E-state index contributed by atoms with van der Waals surface area (Å²) in [6, 6.07) is 12.1. The van der Waals surface area contributed by atoms with Gasteiger partial charge in [-0.25, -0.2) is 0 Å². The number of hydrogen-bond acceptors (Lipinski definition) is 2. The van der Waals surface area contributed by atoms with Crippen molar-refractivity contribution in [1.82, 2.24) is 14.8 Å². The van der Waals surface area contributed by atoms with Crippen LogP contribution in [0.2, 0.25) is 0 Å². The van der Waals surface area contributed by atoms with E-state index in [9.17, 15) is 9.59 Å². The van der Waals surface area contributed by atoms with Gasteiger partial charge in [0.25, 0.3) is 5.91 Å². The van der Waals surface area contributed by atoms with Crippen LogP contribution in [-0.2, 0) is 11.3 Å². The van der Waals surface area contributed by atoms with Gasteiger partial charge in [0.2, 0.25) is 5.91 Å². The van der Waals surface area contributed by atoms with Gasteiger partial charge in [-0.15, -0.1) is 0 Å².